The fraction of sp³-hybridized carbons (Fsp3) is 0.167. The van der Waals surface area contributed by atoms with E-state index in [1.165, 1.54) is 0 Å². The molecule has 0 aliphatic carbocycles. The Hall–Kier alpha value is -2.67. The van der Waals surface area contributed by atoms with Crippen LogP contribution in [0.15, 0.2) is 57.4 Å². The number of hydrogen-bond acceptors (Lipinski definition) is 5. The zero-order valence-corrected chi connectivity index (χ0v) is 15.1. The maximum atomic E-state index is 12.2. The van der Waals surface area contributed by atoms with Crippen molar-refractivity contribution in [2.24, 2.45) is 0 Å². The highest BCUT2D eigenvalue weighted by Crippen LogP contribution is 2.21. The van der Waals surface area contributed by atoms with Gasteiger partial charge in [0.25, 0.3) is 0 Å². The summed E-state index contributed by atoms with van der Waals surface area (Å²) in [6.45, 7) is 0.438. The Bertz CT molecular complexity index is 879. The molecular weight excluding hydrogens is 386 g/mol. The molecule has 0 fully saturated rings. The quantitative estimate of drug-likeness (QED) is 0.683. The summed E-state index contributed by atoms with van der Waals surface area (Å²) in [5.41, 5.74) is 1.76. The Balaban J connectivity index is 1.61. The average molecular weight is 402 g/mol. The molecular formula is C18H16BrN3O3. The van der Waals surface area contributed by atoms with Crippen molar-refractivity contribution in [3.8, 4) is 17.2 Å². The number of amides is 1. The maximum absolute atomic E-state index is 12.2. The van der Waals surface area contributed by atoms with Gasteiger partial charge in [-0.2, -0.15) is 0 Å². The van der Waals surface area contributed by atoms with Crippen LogP contribution in [0, 0.1) is 0 Å². The van der Waals surface area contributed by atoms with Crippen LogP contribution in [0.4, 0.5) is 0 Å². The standard InChI is InChI=1S/C18H16BrN3O3/c1-24-15-8-3-2-5-12(15)9-10-20-16(23)18-22-21-17(25-18)13-6-4-7-14(19)11-13/h2-8,11H,9-10H2,1H3,(H,20,23). The Morgan fingerprint density at radius 3 is 2.84 bits per heavy atom. The first-order chi connectivity index (χ1) is 12.2. The smallest absolute Gasteiger partial charge is 0.308 e. The van der Waals surface area contributed by atoms with Crippen LogP contribution < -0.4 is 10.1 Å². The Morgan fingerprint density at radius 1 is 1.20 bits per heavy atom. The van der Waals surface area contributed by atoms with E-state index in [0.717, 1.165) is 21.3 Å². The van der Waals surface area contributed by atoms with Gasteiger partial charge in [0.15, 0.2) is 0 Å². The molecule has 0 saturated heterocycles. The fourth-order valence-electron chi connectivity index (χ4n) is 2.35. The molecule has 1 aromatic heterocycles. The normalized spacial score (nSPS) is 10.5. The summed E-state index contributed by atoms with van der Waals surface area (Å²) in [7, 11) is 1.62. The molecule has 2 aromatic carbocycles. The van der Waals surface area contributed by atoms with Crippen LogP contribution in [-0.2, 0) is 6.42 Å². The van der Waals surface area contributed by atoms with Crippen molar-refractivity contribution < 1.29 is 13.9 Å². The second kappa shape index (κ2) is 7.94. The third-order valence-electron chi connectivity index (χ3n) is 3.56. The van der Waals surface area contributed by atoms with E-state index in [-0.39, 0.29) is 5.89 Å². The first-order valence-electron chi connectivity index (χ1n) is 7.67. The molecule has 0 atom stereocenters. The Kier molecular flexibility index (Phi) is 5.45. The van der Waals surface area contributed by atoms with Crippen LogP contribution in [0.5, 0.6) is 5.75 Å². The van der Waals surface area contributed by atoms with Gasteiger partial charge < -0.3 is 14.5 Å². The minimum Gasteiger partial charge on any atom is -0.496 e. The number of methoxy groups -OCH3 is 1. The molecule has 25 heavy (non-hydrogen) atoms. The largest absolute Gasteiger partial charge is 0.496 e. The van der Waals surface area contributed by atoms with Gasteiger partial charge in [-0.25, -0.2) is 0 Å². The number of aromatic nitrogens is 2. The van der Waals surface area contributed by atoms with Gasteiger partial charge in [-0.15, -0.1) is 10.2 Å². The molecule has 3 aromatic rings. The molecule has 0 unspecified atom stereocenters. The first kappa shape index (κ1) is 17.2. The number of ether oxygens (including phenoxy) is 1. The molecule has 0 bridgehead atoms. The third kappa shape index (κ3) is 4.24. The molecule has 3 rings (SSSR count). The Labute approximate surface area is 153 Å². The third-order valence-corrected chi connectivity index (χ3v) is 4.06. The summed E-state index contributed by atoms with van der Waals surface area (Å²) in [4.78, 5) is 12.2. The van der Waals surface area contributed by atoms with E-state index in [2.05, 4.69) is 31.4 Å². The van der Waals surface area contributed by atoms with Crippen molar-refractivity contribution >= 4 is 21.8 Å². The molecule has 7 heteroatoms. The van der Waals surface area contributed by atoms with E-state index < -0.39 is 5.91 Å². The lowest BCUT2D eigenvalue weighted by molar-refractivity contribution is 0.0920. The highest BCUT2D eigenvalue weighted by atomic mass is 79.9. The van der Waals surface area contributed by atoms with E-state index >= 15 is 0 Å². The van der Waals surface area contributed by atoms with Gasteiger partial charge in [0.05, 0.1) is 7.11 Å². The summed E-state index contributed by atoms with van der Waals surface area (Å²) in [5.74, 6) is 0.640. The van der Waals surface area contributed by atoms with E-state index in [4.69, 9.17) is 9.15 Å². The van der Waals surface area contributed by atoms with Crippen molar-refractivity contribution in [1.29, 1.82) is 0 Å². The van der Waals surface area contributed by atoms with Crippen molar-refractivity contribution in [2.45, 2.75) is 6.42 Å². The van der Waals surface area contributed by atoms with Gasteiger partial charge in [0, 0.05) is 16.6 Å². The number of carbonyl (C=O) groups excluding carboxylic acids is 1. The molecule has 1 amide bonds. The van der Waals surface area contributed by atoms with Crippen molar-refractivity contribution in [3.63, 3.8) is 0 Å². The van der Waals surface area contributed by atoms with E-state index in [1.807, 2.05) is 48.5 Å². The number of carbonyl (C=O) groups is 1. The van der Waals surface area contributed by atoms with E-state index in [9.17, 15) is 4.79 Å². The monoisotopic (exact) mass is 401 g/mol. The van der Waals surface area contributed by atoms with Gasteiger partial charge >= 0.3 is 11.8 Å². The number of nitrogens with one attached hydrogen (secondary N) is 1. The van der Waals surface area contributed by atoms with Crippen LogP contribution >= 0.6 is 15.9 Å². The number of rotatable bonds is 6. The molecule has 0 saturated carbocycles. The molecule has 0 radical (unpaired) electrons. The minimum atomic E-state index is -0.399. The number of halogens is 1. The first-order valence-corrected chi connectivity index (χ1v) is 8.46. The summed E-state index contributed by atoms with van der Waals surface area (Å²) in [5, 5.41) is 10.5. The topological polar surface area (TPSA) is 77.2 Å². The predicted octanol–water partition coefficient (Wildman–Crippen LogP) is 3.48. The van der Waals surface area contributed by atoms with Crippen molar-refractivity contribution in [1.82, 2.24) is 15.5 Å². The van der Waals surface area contributed by atoms with Gasteiger partial charge in [-0.1, -0.05) is 40.2 Å². The van der Waals surface area contributed by atoms with Crippen molar-refractivity contribution in [3.05, 3.63) is 64.5 Å². The van der Waals surface area contributed by atoms with Gasteiger partial charge in [0.2, 0.25) is 5.89 Å². The predicted molar refractivity (Wildman–Crippen MR) is 96.5 cm³/mol. The number of para-hydroxylation sites is 1. The average Bonchev–Trinajstić information content (AvgIpc) is 3.12. The van der Waals surface area contributed by atoms with Crippen LogP contribution in [0.1, 0.15) is 16.2 Å². The highest BCUT2D eigenvalue weighted by Gasteiger charge is 2.15. The minimum absolute atomic E-state index is 0.0602. The zero-order valence-electron chi connectivity index (χ0n) is 13.5. The van der Waals surface area contributed by atoms with Gasteiger partial charge in [-0.3, -0.25) is 4.79 Å². The summed E-state index contributed by atoms with van der Waals surface area (Å²) >= 11 is 3.38. The Morgan fingerprint density at radius 2 is 2.04 bits per heavy atom. The molecule has 128 valence electrons. The van der Waals surface area contributed by atoms with Gasteiger partial charge in [-0.05, 0) is 36.2 Å². The number of hydrogen-bond donors (Lipinski definition) is 1. The fourth-order valence-corrected chi connectivity index (χ4v) is 2.75. The van der Waals surface area contributed by atoms with E-state index in [1.54, 1.807) is 7.11 Å². The summed E-state index contributed by atoms with van der Waals surface area (Å²) < 4.78 is 11.6. The molecule has 0 aliphatic heterocycles. The van der Waals surface area contributed by atoms with Crippen LogP contribution in [-0.4, -0.2) is 29.8 Å². The molecule has 0 spiro atoms. The lowest BCUT2D eigenvalue weighted by Gasteiger charge is -2.08. The lowest BCUT2D eigenvalue weighted by atomic mass is 10.1. The van der Waals surface area contributed by atoms with Crippen LogP contribution in [0.25, 0.3) is 11.5 Å². The SMILES string of the molecule is COc1ccccc1CCNC(=O)c1nnc(-c2cccc(Br)c2)o1. The van der Waals surface area contributed by atoms with Crippen LogP contribution in [0.3, 0.4) is 0 Å². The highest BCUT2D eigenvalue weighted by molar-refractivity contribution is 9.10. The summed E-state index contributed by atoms with van der Waals surface area (Å²) in [6, 6.07) is 15.1. The van der Waals surface area contributed by atoms with Crippen LogP contribution in [0.2, 0.25) is 0 Å². The molecule has 1 N–H and O–H groups in total. The molecule has 0 aliphatic rings. The lowest BCUT2D eigenvalue weighted by Crippen LogP contribution is -2.26. The van der Waals surface area contributed by atoms with Gasteiger partial charge in [0.1, 0.15) is 5.75 Å². The second-order valence-corrected chi connectivity index (χ2v) is 6.16. The zero-order chi connectivity index (χ0) is 17.6. The summed E-state index contributed by atoms with van der Waals surface area (Å²) in [6.07, 6.45) is 0.641. The molecule has 1 heterocycles. The number of benzene rings is 2. The maximum Gasteiger partial charge on any atom is 0.308 e. The molecule has 6 nitrogen and oxygen atoms in total. The second-order valence-electron chi connectivity index (χ2n) is 5.24. The van der Waals surface area contributed by atoms with Crippen molar-refractivity contribution in [2.75, 3.05) is 13.7 Å². The van der Waals surface area contributed by atoms with E-state index in [0.29, 0.717) is 18.9 Å². The number of nitrogens with zero attached hydrogens (tertiary/aromatic N) is 2.